The zero-order chi connectivity index (χ0) is 15.9. The highest BCUT2D eigenvalue weighted by Crippen LogP contribution is 2.27. The Morgan fingerprint density at radius 2 is 1.82 bits per heavy atom. The number of fused-ring (bicyclic) bond motifs is 1. The average Bonchev–Trinajstić information content (AvgIpc) is 2.83. The molecule has 2 aromatic rings. The second-order valence-electron chi connectivity index (χ2n) is 5.63. The SMILES string of the molecule is Cc1cc(Br)cc(C)c1S(=O)(=O)Nc1ccc2c(n1)CCC2. The molecule has 0 fully saturated rings. The van der Waals surface area contributed by atoms with Crippen molar-refractivity contribution in [3.05, 3.63) is 51.1 Å². The quantitative estimate of drug-likeness (QED) is 0.881. The summed E-state index contributed by atoms with van der Waals surface area (Å²) in [5, 5.41) is 0. The maximum absolute atomic E-state index is 12.7. The first-order valence-electron chi connectivity index (χ1n) is 7.15. The fourth-order valence-electron chi connectivity index (χ4n) is 2.99. The van der Waals surface area contributed by atoms with E-state index in [1.807, 2.05) is 6.07 Å². The van der Waals surface area contributed by atoms with Crippen molar-refractivity contribution in [3.8, 4) is 0 Å². The maximum Gasteiger partial charge on any atom is 0.263 e. The Morgan fingerprint density at radius 1 is 1.14 bits per heavy atom. The topological polar surface area (TPSA) is 59.1 Å². The van der Waals surface area contributed by atoms with Gasteiger partial charge in [-0.1, -0.05) is 22.0 Å². The van der Waals surface area contributed by atoms with Gasteiger partial charge in [0.15, 0.2) is 0 Å². The van der Waals surface area contributed by atoms with Gasteiger partial charge in [-0.15, -0.1) is 0 Å². The van der Waals surface area contributed by atoms with Crippen molar-refractivity contribution >= 4 is 31.8 Å². The number of anilines is 1. The van der Waals surface area contributed by atoms with Crippen LogP contribution in [0, 0.1) is 13.8 Å². The van der Waals surface area contributed by atoms with Gasteiger partial charge in [0.2, 0.25) is 0 Å². The highest BCUT2D eigenvalue weighted by molar-refractivity contribution is 9.10. The summed E-state index contributed by atoms with van der Waals surface area (Å²) in [4.78, 5) is 4.76. The molecule has 0 radical (unpaired) electrons. The third-order valence-corrected chi connectivity index (χ3v) is 5.98. The maximum atomic E-state index is 12.7. The van der Waals surface area contributed by atoms with Crippen LogP contribution in [0.5, 0.6) is 0 Å². The zero-order valence-electron chi connectivity index (χ0n) is 12.5. The number of hydrogen-bond donors (Lipinski definition) is 1. The second kappa shape index (κ2) is 5.66. The molecule has 0 spiro atoms. The van der Waals surface area contributed by atoms with Crippen LogP contribution in [0.15, 0.2) is 33.6 Å². The van der Waals surface area contributed by atoms with E-state index in [2.05, 4.69) is 25.6 Å². The van der Waals surface area contributed by atoms with Gasteiger partial charge in [0, 0.05) is 10.2 Å². The van der Waals surface area contributed by atoms with E-state index in [-0.39, 0.29) is 0 Å². The summed E-state index contributed by atoms with van der Waals surface area (Å²) in [6, 6.07) is 7.31. The highest BCUT2D eigenvalue weighted by Gasteiger charge is 2.21. The van der Waals surface area contributed by atoms with Crippen LogP contribution in [0.25, 0.3) is 0 Å². The van der Waals surface area contributed by atoms with E-state index in [9.17, 15) is 8.42 Å². The molecule has 1 N–H and O–H groups in total. The Kier molecular flexibility index (Phi) is 3.99. The Morgan fingerprint density at radius 3 is 2.50 bits per heavy atom. The van der Waals surface area contributed by atoms with Gasteiger partial charge in [-0.3, -0.25) is 4.72 Å². The standard InChI is InChI=1S/C16H17BrN2O2S/c1-10-8-13(17)9-11(2)16(10)22(20,21)19-15-7-6-12-4-3-5-14(12)18-15/h6-9H,3-5H2,1-2H3,(H,18,19). The molecular formula is C16H17BrN2O2S. The third-order valence-electron chi connectivity index (χ3n) is 3.86. The largest absolute Gasteiger partial charge is 0.263 e. The molecule has 1 aromatic carbocycles. The monoisotopic (exact) mass is 380 g/mol. The first-order valence-corrected chi connectivity index (χ1v) is 9.43. The zero-order valence-corrected chi connectivity index (χ0v) is 14.9. The lowest BCUT2D eigenvalue weighted by molar-refractivity contribution is 0.600. The van der Waals surface area contributed by atoms with E-state index in [1.165, 1.54) is 5.56 Å². The number of halogens is 1. The summed E-state index contributed by atoms with van der Waals surface area (Å²) >= 11 is 3.39. The molecule has 0 bridgehead atoms. The molecule has 0 amide bonds. The minimum atomic E-state index is -3.64. The fourth-order valence-corrected chi connectivity index (χ4v) is 5.13. The van der Waals surface area contributed by atoms with Crippen molar-refractivity contribution in [2.75, 3.05) is 4.72 Å². The summed E-state index contributed by atoms with van der Waals surface area (Å²) < 4.78 is 28.9. The molecule has 0 saturated carbocycles. The molecule has 0 atom stereocenters. The van der Waals surface area contributed by atoms with Gasteiger partial charge in [0.1, 0.15) is 5.82 Å². The van der Waals surface area contributed by atoms with Gasteiger partial charge < -0.3 is 0 Å². The van der Waals surface area contributed by atoms with Crippen LogP contribution in [0.3, 0.4) is 0 Å². The molecule has 0 saturated heterocycles. The Balaban J connectivity index is 1.98. The molecule has 3 rings (SSSR count). The lowest BCUT2D eigenvalue weighted by Gasteiger charge is -2.13. The van der Waals surface area contributed by atoms with Crippen LogP contribution in [0.4, 0.5) is 5.82 Å². The summed E-state index contributed by atoms with van der Waals surface area (Å²) in [6.07, 6.45) is 3.03. The molecule has 6 heteroatoms. The van der Waals surface area contributed by atoms with Crippen molar-refractivity contribution in [3.63, 3.8) is 0 Å². The minimum Gasteiger partial charge on any atom is -0.263 e. The van der Waals surface area contributed by atoms with E-state index in [1.54, 1.807) is 32.0 Å². The number of aryl methyl sites for hydroxylation is 4. The third kappa shape index (κ3) is 2.90. The van der Waals surface area contributed by atoms with E-state index in [0.717, 1.165) is 29.4 Å². The summed E-state index contributed by atoms with van der Waals surface area (Å²) in [7, 11) is -3.64. The van der Waals surface area contributed by atoms with Crippen molar-refractivity contribution in [1.29, 1.82) is 0 Å². The average molecular weight is 381 g/mol. The van der Waals surface area contributed by atoms with Crippen molar-refractivity contribution in [2.24, 2.45) is 0 Å². The predicted molar refractivity (Wildman–Crippen MR) is 90.7 cm³/mol. The molecule has 1 aromatic heterocycles. The summed E-state index contributed by atoms with van der Waals surface area (Å²) in [5.41, 5.74) is 3.64. The van der Waals surface area contributed by atoms with Crippen LogP contribution in [0.1, 0.15) is 28.8 Å². The molecular weight excluding hydrogens is 364 g/mol. The number of pyridine rings is 1. The van der Waals surface area contributed by atoms with Gasteiger partial charge >= 0.3 is 0 Å². The summed E-state index contributed by atoms with van der Waals surface area (Å²) in [5.74, 6) is 0.391. The van der Waals surface area contributed by atoms with E-state index >= 15 is 0 Å². The molecule has 1 aliphatic carbocycles. The number of aromatic nitrogens is 1. The Bertz CT molecular complexity index is 824. The smallest absolute Gasteiger partial charge is 0.263 e. The highest BCUT2D eigenvalue weighted by atomic mass is 79.9. The van der Waals surface area contributed by atoms with Crippen molar-refractivity contribution in [2.45, 2.75) is 38.0 Å². The van der Waals surface area contributed by atoms with Gasteiger partial charge in [-0.05, 0) is 68.0 Å². The van der Waals surface area contributed by atoms with Gasteiger partial charge in [0.25, 0.3) is 10.0 Å². The van der Waals surface area contributed by atoms with Crippen LogP contribution in [-0.2, 0) is 22.9 Å². The Labute approximate surface area is 139 Å². The van der Waals surface area contributed by atoms with Crippen molar-refractivity contribution in [1.82, 2.24) is 4.98 Å². The molecule has 0 unspecified atom stereocenters. The molecule has 1 aliphatic rings. The van der Waals surface area contributed by atoms with Gasteiger partial charge in [-0.25, -0.2) is 13.4 Å². The van der Waals surface area contributed by atoms with Crippen LogP contribution in [0.2, 0.25) is 0 Å². The van der Waals surface area contributed by atoms with Crippen molar-refractivity contribution < 1.29 is 8.42 Å². The number of benzene rings is 1. The fraction of sp³-hybridized carbons (Fsp3) is 0.312. The first-order chi connectivity index (χ1) is 10.4. The normalized spacial score (nSPS) is 14.0. The minimum absolute atomic E-state index is 0.318. The summed E-state index contributed by atoms with van der Waals surface area (Å²) in [6.45, 7) is 3.59. The molecule has 0 aliphatic heterocycles. The predicted octanol–water partition coefficient (Wildman–Crippen LogP) is 3.75. The molecule has 1 heterocycles. The number of sulfonamides is 1. The number of rotatable bonds is 3. The molecule has 116 valence electrons. The van der Waals surface area contributed by atoms with E-state index < -0.39 is 10.0 Å². The lowest BCUT2D eigenvalue weighted by atomic mass is 10.2. The second-order valence-corrected chi connectivity index (χ2v) is 8.16. The van der Waals surface area contributed by atoms with Crippen LogP contribution >= 0.6 is 15.9 Å². The molecule has 4 nitrogen and oxygen atoms in total. The van der Waals surface area contributed by atoms with Crippen LogP contribution in [-0.4, -0.2) is 13.4 Å². The number of nitrogens with one attached hydrogen (secondary N) is 1. The van der Waals surface area contributed by atoms with Crippen LogP contribution < -0.4 is 4.72 Å². The van der Waals surface area contributed by atoms with Gasteiger partial charge in [-0.2, -0.15) is 0 Å². The molecule has 22 heavy (non-hydrogen) atoms. The number of nitrogens with zero attached hydrogens (tertiary/aromatic N) is 1. The van der Waals surface area contributed by atoms with E-state index in [0.29, 0.717) is 21.8 Å². The van der Waals surface area contributed by atoms with Gasteiger partial charge in [0.05, 0.1) is 4.90 Å². The lowest BCUT2D eigenvalue weighted by Crippen LogP contribution is -2.17. The number of hydrogen-bond acceptors (Lipinski definition) is 3. The first kappa shape index (κ1) is 15.5. The Hall–Kier alpha value is -1.40. The van der Waals surface area contributed by atoms with E-state index in [4.69, 9.17) is 0 Å².